The molecule has 0 fully saturated rings. The summed E-state index contributed by atoms with van der Waals surface area (Å²) in [7, 11) is 0. The van der Waals surface area contributed by atoms with Crippen molar-refractivity contribution in [3.05, 3.63) is 103 Å². The molecule has 4 aromatic heterocycles. The molecule has 4 nitrogen and oxygen atoms in total. The first-order chi connectivity index (χ1) is 16.3. The molecule has 0 saturated carbocycles. The zero-order chi connectivity index (χ0) is 21.8. The molecule has 154 valence electrons. The molecule has 4 heteroatoms. The van der Waals surface area contributed by atoms with Crippen molar-refractivity contribution in [3.63, 3.8) is 0 Å². The monoisotopic (exact) mass is 423 g/mol. The van der Waals surface area contributed by atoms with Gasteiger partial charge in [-0.1, -0.05) is 42.5 Å². The topological polar surface area (TPSA) is 51.8 Å². The lowest BCUT2D eigenvalue weighted by Crippen LogP contribution is -1.88. The standard InChI is InChI=1S/C29H17N3O/c1-2-15-30-24(7-1)21-6-3-8-26-27(21)22-17-20(12-14-25(22)33-26)23-13-11-19-10-9-18-5-4-16-31-28(18)29(19)32-23/h1-17H. The van der Waals surface area contributed by atoms with Crippen LogP contribution >= 0.6 is 0 Å². The van der Waals surface area contributed by atoms with Crippen LogP contribution in [0.4, 0.5) is 0 Å². The van der Waals surface area contributed by atoms with Crippen molar-refractivity contribution in [3.8, 4) is 22.5 Å². The number of nitrogens with zero attached hydrogens (tertiary/aromatic N) is 3. The van der Waals surface area contributed by atoms with E-state index in [0.717, 1.165) is 66.3 Å². The van der Waals surface area contributed by atoms with Crippen molar-refractivity contribution in [2.24, 2.45) is 0 Å². The SMILES string of the molecule is c1ccc(-c2cccc3oc4ccc(-c5ccc6ccc7cccnc7c6n5)cc4c23)nc1. The number of fused-ring (bicyclic) bond motifs is 6. The van der Waals surface area contributed by atoms with Gasteiger partial charge in [0.25, 0.3) is 0 Å². The second kappa shape index (κ2) is 6.97. The largest absolute Gasteiger partial charge is 0.456 e. The maximum Gasteiger partial charge on any atom is 0.136 e. The first kappa shape index (κ1) is 18.0. The Morgan fingerprint density at radius 2 is 1.45 bits per heavy atom. The van der Waals surface area contributed by atoms with Crippen LogP contribution in [0.15, 0.2) is 108 Å². The fourth-order valence-electron chi connectivity index (χ4n) is 4.61. The third-order valence-electron chi connectivity index (χ3n) is 6.16. The Hall–Kier alpha value is -4.57. The maximum atomic E-state index is 6.18. The summed E-state index contributed by atoms with van der Waals surface area (Å²) in [6.07, 6.45) is 3.64. The molecule has 7 aromatic rings. The van der Waals surface area contributed by atoms with Crippen LogP contribution in [-0.2, 0) is 0 Å². The van der Waals surface area contributed by atoms with E-state index in [0.29, 0.717) is 0 Å². The molecule has 0 unspecified atom stereocenters. The van der Waals surface area contributed by atoms with Gasteiger partial charge in [0.2, 0.25) is 0 Å². The molecule has 3 aromatic carbocycles. The van der Waals surface area contributed by atoms with Crippen molar-refractivity contribution in [1.29, 1.82) is 0 Å². The highest BCUT2D eigenvalue weighted by Gasteiger charge is 2.14. The van der Waals surface area contributed by atoms with Crippen LogP contribution in [0, 0.1) is 0 Å². The quantitative estimate of drug-likeness (QED) is 0.272. The molecule has 0 aliphatic carbocycles. The van der Waals surface area contributed by atoms with Gasteiger partial charge in [0.1, 0.15) is 11.2 Å². The number of aromatic nitrogens is 3. The zero-order valence-corrected chi connectivity index (χ0v) is 17.6. The van der Waals surface area contributed by atoms with Gasteiger partial charge in [-0.25, -0.2) is 4.98 Å². The molecule has 0 saturated heterocycles. The molecule has 0 radical (unpaired) electrons. The van der Waals surface area contributed by atoms with Crippen molar-refractivity contribution in [2.75, 3.05) is 0 Å². The predicted octanol–water partition coefficient (Wildman–Crippen LogP) is 7.41. The highest BCUT2D eigenvalue weighted by molar-refractivity contribution is 6.13. The van der Waals surface area contributed by atoms with Crippen LogP contribution in [-0.4, -0.2) is 15.0 Å². The highest BCUT2D eigenvalue weighted by Crippen LogP contribution is 2.38. The van der Waals surface area contributed by atoms with Crippen molar-refractivity contribution < 1.29 is 4.42 Å². The molecule has 4 heterocycles. The van der Waals surface area contributed by atoms with Gasteiger partial charge >= 0.3 is 0 Å². The summed E-state index contributed by atoms with van der Waals surface area (Å²) in [5.41, 5.74) is 7.48. The van der Waals surface area contributed by atoms with E-state index in [9.17, 15) is 0 Å². The molecule has 33 heavy (non-hydrogen) atoms. The Labute approximate surface area is 189 Å². The molecule has 0 N–H and O–H groups in total. The van der Waals surface area contributed by atoms with E-state index in [-0.39, 0.29) is 0 Å². The lowest BCUT2D eigenvalue weighted by atomic mass is 10.0. The van der Waals surface area contributed by atoms with E-state index in [1.165, 1.54) is 0 Å². The molecule has 7 rings (SSSR count). The number of furan rings is 1. The number of hydrogen-bond acceptors (Lipinski definition) is 4. The van der Waals surface area contributed by atoms with Gasteiger partial charge in [-0.2, -0.15) is 0 Å². The van der Waals surface area contributed by atoms with E-state index in [1.807, 2.05) is 54.9 Å². The lowest BCUT2D eigenvalue weighted by Gasteiger charge is -2.06. The van der Waals surface area contributed by atoms with Crippen LogP contribution in [0.1, 0.15) is 0 Å². The van der Waals surface area contributed by atoms with Crippen LogP contribution in [0.2, 0.25) is 0 Å². The minimum absolute atomic E-state index is 0.852. The van der Waals surface area contributed by atoms with Crippen molar-refractivity contribution in [2.45, 2.75) is 0 Å². The number of hydrogen-bond donors (Lipinski definition) is 0. The van der Waals surface area contributed by atoms with Gasteiger partial charge in [0.05, 0.1) is 22.4 Å². The Morgan fingerprint density at radius 1 is 0.576 bits per heavy atom. The Bertz CT molecular complexity index is 1820. The van der Waals surface area contributed by atoms with Gasteiger partial charge in [-0.3, -0.25) is 9.97 Å². The molecule has 0 aliphatic rings. The zero-order valence-electron chi connectivity index (χ0n) is 17.6. The van der Waals surface area contributed by atoms with E-state index in [1.54, 1.807) is 0 Å². The summed E-state index contributed by atoms with van der Waals surface area (Å²) in [6, 6.07) is 30.7. The molecule has 0 atom stereocenters. The second-order valence-electron chi connectivity index (χ2n) is 8.12. The highest BCUT2D eigenvalue weighted by atomic mass is 16.3. The molecule has 0 bridgehead atoms. The van der Waals surface area contributed by atoms with E-state index < -0.39 is 0 Å². The van der Waals surface area contributed by atoms with Gasteiger partial charge < -0.3 is 4.42 Å². The Kier molecular flexibility index (Phi) is 3.81. The van der Waals surface area contributed by atoms with Crippen molar-refractivity contribution in [1.82, 2.24) is 15.0 Å². The number of rotatable bonds is 2. The molecular formula is C29H17N3O. The van der Waals surface area contributed by atoms with E-state index in [4.69, 9.17) is 9.40 Å². The summed E-state index contributed by atoms with van der Waals surface area (Å²) >= 11 is 0. The average Bonchev–Trinajstić information content (AvgIpc) is 3.27. The summed E-state index contributed by atoms with van der Waals surface area (Å²) in [5, 5.41) is 4.30. The fraction of sp³-hybridized carbons (Fsp3) is 0. The number of benzene rings is 3. The first-order valence-corrected chi connectivity index (χ1v) is 10.9. The molecule has 0 aliphatic heterocycles. The van der Waals surface area contributed by atoms with Crippen LogP contribution in [0.25, 0.3) is 66.3 Å². The molecule has 0 spiro atoms. The summed E-state index contributed by atoms with van der Waals surface area (Å²) in [5.74, 6) is 0. The molecular weight excluding hydrogens is 406 g/mol. The van der Waals surface area contributed by atoms with Gasteiger partial charge in [-0.15, -0.1) is 0 Å². The summed E-state index contributed by atoms with van der Waals surface area (Å²) in [4.78, 5) is 14.2. The summed E-state index contributed by atoms with van der Waals surface area (Å²) in [6.45, 7) is 0. The Morgan fingerprint density at radius 3 is 2.36 bits per heavy atom. The maximum absolute atomic E-state index is 6.18. The van der Waals surface area contributed by atoms with Gasteiger partial charge in [-0.05, 0) is 48.5 Å². The number of pyridine rings is 3. The lowest BCUT2D eigenvalue weighted by molar-refractivity contribution is 0.669. The van der Waals surface area contributed by atoms with Crippen molar-refractivity contribution >= 4 is 43.7 Å². The Balaban J connectivity index is 1.48. The van der Waals surface area contributed by atoms with Gasteiger partial charge in [0, 0.05) is 45.1 Å². The average molecular weight is 423 g/mol. The second-order valence-corrected chi connectivity index (χ2v) is 8.12. The predicted molar refractivity (Wildman–Crippen MR) is 133 cm³/mol. The first-order valence-electron chi connectivity index (χ1n) is 10.9. The van der Waals surface area contributed by atoms with E-state index >= 15 is 0 Å². The smallest absolute Gasteiger partial charge is 0.136 e. The molecule has 0 amide bonds. The van der Waals surface area contributed by atoms with Crippen LogP contribution in [0.5, 0.6) is 0 Å². The fourth-order valence-corrected chi connectivity index (χ4v) is 4.61. The summed E-state index contributed by atoms with van der Waals surface area (Å²) < 4.78 is 6.18. The third-order valence-corrected chi connectivity index (χ3v) is 6.16. The van der Waals surface area contributed by atoms with Crippen LogP contribution < -0.4 is 0 Å². The normalized spacial score (nSPS) is 11.6. The van der Waals surface area contributed by atoms with E-state index in [2.05, 4.69) is 58.5 Å². The van der Waals surface area contributed by atoms with Crippen LogP contribution in [0.3, 0.4) is 0 Å². The van der Waals surface area contributed by atoms with Gasteiger partial charge in [0.15, 0.2) is 0 Å². The minimum Gasteiger partial charge on any atom is -0.456 e. The minimum atomic E-state index is 0.852. The third kappa shape index (κ3) is 2.81.